The number of nitrogens with one attached hydrogen (secondary N) is 1. The highest BCUT2D eigenvalue weighted by atomic mass is 35.5. The van der Waals surface area contributed by atoms with Gasteiger partial charge in [0.15, 0.2) is 5.16 Å². The number of ether oxygens (including phenoxy) is 1. The minimum atomic E-state index is -0.524. The number of carbonyl (C=O) groups excluding carboxylic acids is 2. The molecule has 1 fully saturated rings. The van der Waals surface area contributed by atoms with Crippen molar-refractivity contribution in [3.63, 3.8) is 0 Å². The van der Waals surface area contributed by atoms with Crippen LogP contribution in [0, 0.1) is 0 Å². The maximum Gasteiger partial charge on any atom is 0.407 e. The maximum atomic E-state index is 12.6. The van der Waals surface area contributed by atoms with Gasteiger partial charge in [-0.3, -0.25) is 9.36 Å². The van der Waals surface area contributed by atoms with Crippen LogP contribution in [0.15, 0.2) is 35.7 Å². The molecular weight excluding hydrogens is 426 g/mol. The van der Waals surface area contributed by atoms with Crippen molar-refractivity contribution >= 4 is 35.4 Å². The average Bonchev–Trinajstić information content (AvgIpc) is 3.14. The van der Waals surface area contributed by atoms with Gasteiger partial charge < -0.3 is 15.0 Å². The van der Waals surface area contributed by atoms with E-state index in [0.29, 0.717) is 36.1 Å². The van der Waals surface area contributed by atoms with Gasteiger partial charge >= 0.3 is 6.09 Å². The average molecular weight is 452 g/mol. The summed E-state index contributed by atoms with van der Waals surface area (Å²) in [6.07, 6.45) is 2.60. The van der Waals surface area contributed by atoms with Crippen molar-refractivity contribution in [1.82, 2.24) is 25.0 Å². The van der Waals surface area contributed by atoms with E-state index in [0.717, 1.165) is 5.69 Å². The Morgan fingerprint density at radius 1 is 1.30 bits per heavy atom. The van der Waals surface area contributed by atoms with Gasteiger partial charge in [0.05, 0.1) is 11.4 Å². The summed E-state index contributed by atoms with van der Waals surface area (Å²) in [6.45, 7) is 6.69. The fourth-order valence-electron chi connectivity index (χ4n) is 3.09. The topological polar surface area (TPSA) is 89.3 Å². The molecule has 0 radical (unpaired) electrons. The van der Waals surface area contributed by atoms with E-state index in [-0.39, 0.29) is 17.7 Å². The first-order valence-electron chi connectivity index (χ1n) is 9.77. The van der Waals surface area contributed by atoms with Crippen molar-refractivity contribution in [1.29, 1.82) is 0 Å². The van der Waals surface area contributed by atoms with Crippen molar-refractivity contribution in [2.24, 2.45) is 0 Å². The van der Waals surface area contributed by atoms with Crippen LogP contribution in [-0.2, 0) is 9.53 Å². The van der Waals surface area contributed by atoms with Gasteiger partial charge in [-0.05, 0) is 51.8 Å². The normalized spacial score (nSPS) is 15.1. The zero-order valence-electron chi connectivity index (χ0n) is 17.3. The third kappa shape index (κ3) is 6.37. The Hall–Kier alpha value is -2.26. The van der Waals surface area contributed by atoms with Crippen LogP contribution in [0.2, 0.25) is 5.02 Å². The van der Waals surface area contributed by atoms with E-state index in [1.807, 2.05) is 43.9 Å². The molecule has 2 amide bonds. The highest BCUT2D eigenvalue weighted by molar-refractivity contribution is 7.99. The molecule has 1 N–H and O–H groups in total. The summed E-state index contributed by atoms with van der Waals surface area (Å²) in [6, 6.07) is 7.39. The predicted molar refractivity (Wildman–Crippen MR) is 116 cm³/mol. The van der Waals surface area contributed by atoms with Gasteiger partial charge in [-0.1, -0.05) is 29.4 Å². The zero-order chi connectivity index (χ0) is 21.7. The van der Waals surface area contributed by atoms with Crippen molar-refractivity contribution in [2.75, 3.05) is 18.8 Å². The molecule has 2 heterocycles. The summed E-state index contributed by atoms with van der Waals surface area (Å²) in [5.74, 6) is 0.306. The first kappa shape index (κ1) is 22.4. The summed E-state index contributed by atoms with van der Waals surface area (Å²) in [4.78, 5) is 26.4. The second kappa shape index (κ2) is 9.70. The van der Waals surface area contributed by atoms with Crippen LogP contribution in [0.25, 0.3) is 5.69 Å². The van der Waals surface area contributed by atoms with Crippen molar-refractivity contribution in [3.8, 4) is 5.69 Å². The minimum Gasteiger partial charge on any atom is -0.444 e. The second-order valence-electron chi connectivity index (χ2n) is 8.05. The lowest BCUT2D eigenvalue weighted by atomic mass is 10.1. The van der Waals surface area contributed by atoms with Gasteiger partial charge in [0.2, 0.25) is 5.91 Å². The maximum absolute atomic E-state index is 12.6. The number of benzene rings is 1. The van der Waals surface area contributed by atoms with E-state index in [1.54, 1.807) is 17.0 Å². The third-order valence-corrected chi connectivity index (χ3v) is 5.66. The Morgan fingerprint density at radius 2 is 2.03 bits per heavy atom. The highest BCUT2D eigenvalue weighted by Gasteiger charge is 2.26. The van der Waals surface area contributed by atoms with Gasteiger partial charge in [0.1, 0.15) is 11.9 Å². The van der Waals surface area contributed by atoms with E-state index in [2.05, 4.69) is 15.5 Å². The number of thioether (sulfide) groups is 1. The van der Waals surface area contributed by atoms with Crippen LogP contribution in [0.4, 0.5) is 4.79 Å². The lowest BCUT2D eigenvalue weighted by Crippen LogP contribution is -2.48. The Labute approximate surface area is 185 Å². The molecule has 0 atom stereocenters. The smallest absolute Gasteiger partial charge is 0.407 e. The molecule has 1 aliphatic rings. The molecule has 0 bridgehead atoms. The predicted octanol–water partition coefficient (Wildman–Crippen LogP) is 3.53. The summed E-state index contributed by atoms with van der Waals surface area (Å²) in [7, 11) is 0. The molecular formula is C20H26ClN5O3S. The molecule has 0 unspecified atom stereocenters. The SMILES string of the molecule is CC(C)(C)OC(=O)NC1CCN(C(=O)CSc2nncn2-c2cccc(Cl)c2)CC1. The number of alkyl carbamates (subject to hydrolysis) is 1. The Kier molecular flexibility index (Phi) is 7.25. The number of halogens is 1. The van der Waals surface area contributed by atoms with Gasteiger partial charge in [-0.25, -0.2) is 4.79 Å². The number of rotatable bonds is 5. The van der Waals surface area contributed by atoms with Gasteiger partial charge in [-0.15, -0.1) is 10.2 Å². The molecule has 0 saturated carbocycles. The Morgan fingerprint density at radius 3 is 2.70 bits per heavy atom. The third-order valence-electron chi connectivity index (χ3n) is 4.50. The Bertz CT molecular complexity index is 891. The highest BCUT2D eigenvalue weighted by Crippen LogP contribution is 2.22. The van der Waals surface area contributed by atoms with Crippen LogP contribution < -0.4 is 5.32 Å². The summed E-state index contributed by atoms with van der Waals surface area (Å²) in [5.41, 5.74) is 0.320. The van der Waals surface area contributed by atoms with Gasteiger partial charge in [0.25, 0.3) is 0 Å². The molecule has 1 aromatic carbocycles. The van der Waals surface area contributed by atoms with Gasteiger partial charge in [0, 0.05) is 24.2 Å². The second-order valence-corrected chi connectivity index (χ2v) is 9.43. The summed E-state index contributed by atoms with van der Waals surface area (Å²) < 4.78 is 7.10. The van der Waals surface area contributed by atoms with Crippen molar-refractivity contribution < 1.29 is 14.3 Å². The number of hydrogen-bond acceptors (Lipinski definition) is 6. The number of amides is 2. The van der Waals surface area contributed by atoms with Crippen LogP contribution in [-0.4, -0.2) is 62.2 Å². The summed E-state index contributed by atoms with van der Waals surface area (Å²) in [5, 5.41) is 12.2. The molecule has 1 saturated heterocycles. The van der Waals surface area contributed by atoms with Crippen LogP contribution >= 0.6 is 23.4 Å². The van der Waals surface area contributed by atoms with E-state index < -0.39 is 11.7 Å². The largest absolute Gasteiger partial charge is 0.444 e. The number of hydrogen-bond donors (Lipinski definition) is 1. The monoisotopic (exact) mass is 451 g/mol. The first-order chi connectivity index (χ1) is 14.2. The quantitative estimate of drug-likeness (QED) is 0.699. The molecule has 3 rings (SSSR count). The molecule has 1 aromatic heterocycles. The Balaban J connectivity index is 1.47. The molecule has 0 spiro atoms. The van der Waals surface area contributed by atoms with E-state index in [4.69, 9.17) is 16.3 Å². The molecule has 30 heavy (non-hydrogen) atoms. The fourth-order valence-corrected chi connectivity index (χ4v) is 4.11. The van der Waals surface area contributed by atoms with E-state index >= 15 is 0 Å². The first-order valence-corrected chi connectivity index (χ1v) is 11.1. The molecule has 1 aliphatic heterocycles. The number of piperidine rings is 1. The minimum absolute atomic E-state index is 0.0162. The number of aromatic nitrogens is 3. The molecule has 10 heteroatoms. The van der Waals surface area contributed by atoms with Crippen LogP contribution in [0.5, 0.6) is 0 Å². The fraction of sp³-hybridized carbons (Fsp3) is 0.500. The van der Waals surface area contributed by atoms with Crippen molar-refractivity contribution in [3.05, 3.63) is 35.6 Å². The van der Waals surface area contributed by atoms with Crippen LogP contribution in [0.3, 0.4) is 0 Å². The number of carbonyl (C=O) groups is 2. The lowest BCUT2D eigenvalue weighted by Gasteiger charge is -2.32. The van der Waals surface area contributed by atoms with E-state index in [9.17, 15) is 9.59 Å². The standard InChI is InChI=1S/C20H26ClN5O3S/c1-20(2,3)29-19(28)23-15-7-9-25(10-8-15)17(27)12-30-18-24-22-13-26(18)16-6-4-5-14(21)11-16/h4-6,11,13,15H,7-10,12H2,1-3H3,(H,23,28). The number of nitrogens with zero attached hydrogens (tertiary/aromatic N) is 4. The molecule has 162 valence electrons. The molecule has 2 aromatic rings. The molecule has 0 aliphatic carbocycles. The lowest BCUT2D eigenvalue weighted by molar-refractivity contribution is -0.129. The zero-order valence-corrected chi connectivity index (χ0v) is 18.9. The van der Waals surface area contributed by atoms with Crippen molar-refractivity contribution in [2.45, 2.75) is 50.4 Å². The number of likely N-dealkylation sites (tertiary alicyclic amines) is 1. The van der Waals surface area contributed by atoms with Gasteiger partial charge in [-0.2, -0.15) is 0 Å². The van der Waals surface area contributed by atoms with Crippen LogP contribution in [0.1, 0.15) is 33.6 Å². The molecule has 8 nitrogen and oxygen atoms in total. The summed E-state index contributed by atoms with van der Waals surface area (Å²) >= 11 is 7.40. The van der Waals surface area contributed by atoms with E-state index in [1.165, 1.54) is 11.8 Å².